The number of nitrogens with zero attached hydrogens (tertiary/aromatic N) is 3. The van der Waals surface area contributed by atoms with Gasteiger partial charge >= 0.3 is 0 Å². The molecule has 16 heavy (non-hydrogen) atoms. The highest BCUT2D eigenvalue weighted by Gasteiger charge is 2.07. The van der Waals surface area contributed by atoms with Gasteiger partial charge in [-0.1, -0.05) is 5.92 Å². The lowest BCUT2D eigenvalue weighted by Gasteiger charge is -2.06. The van der Waals surface area contributed by atoms with Gasteiger partial charge in [-0.05, 0) is 13.0 Å². The molecule has 0 saturated heterocycles. The fraction of sp³-hybridized carbons (Fsp3) is 0.167. The van der Waals surface area contributed by atoms with Crippen LogP contribution in [-0.4, -0.2) is 14.5 Å². The van der Waals surface area contributed by atoms with Crippen LogP contribution < -0.4 is 5.73 Å². The van der Waals surface area contributed by atoms with Crippen LogP contribution in [0.2, 0.25) is 0 Å². The van der Waals surface area contributed by atoms with Gasteiger partial charge in [-0.25, -0.2) is 4.98 Å². The Morgan fingerprint density at radius 2 is 2.25 bits per heavy atom. The number of imidazole rings is 1. The second kappa shape index (κ2) is 4.49. The van der Waals surface area contributed by atoms with Crippen LogP contribution >= 0.6 is 0 Å². The van der Waals surface area contributed by atoms with E-state index in [4.69, 9.17) is 5.73 Å². The number of hydrogen-bond donors (Lipinski definition) is 1. The van der Waals surface area contributed by atoms with E-state index in [1.165, 1.54) is 0 Å². The molecule has 0 aliphatic rings. The van der Waals surface area contributed by atoms with Crippen molar-refractivity contribution in [1.82, 2.24) is 14.5 Å². The molecule has 4 heteroatoms. The Morgan fingerprint density at radius 3 is 3.00 bits per heavy atom. The van der Waals surface area contributed by atoms with Crippen LogP contribution in [0.15, 0.2) is 31.0 Å². The lowest BCUT2D eigenvalue weighted by Crippen LogP contribution is -1.99. The molecule has 2 N–H and O–H groups in total. The molecule has 0 aliphatic heterocycles. The highest BCUT2D eigenvalue weighted by atomic mass is 15.0. The molecule has 0 unspecified atom stereocenters. The topological polar surface area (TPSA) is 56.7 Å². The predicted molar refractivity (Wildman–Crippen MR) is 63.3 cm³/mol. The van der Waals surface area contributed by atoms with E-state index in [2.05, 4.69) is 21.8 Å². The van der Waals surface area contributed by atoms with Gasteiger partial charge in [-0.2, -0.15) is 0 Å². The van der Waals surface area contributed by atoms with E-state index in [0.29, 0.717) is 12.2 Å². The van der Waals surface area contributed by atoms with Crippen molar-refractivity contribution in [2.45, 2.75) is 13.5 Å². The summed E-state index contributed by atoms with van der Waals surface area (Å²) in [5, 5.41) is 0. The van der Waals surface area contributed by atoms with Gasteiger partial charge in [0.2, 0.25) is 0 Å². The van der Waals surface area contributed by atoms with Gasteiger partial charge in [-0.15, -0.1) is 5.92 Å². The summed E-state index contributed by atoms with van der Waals surface area (Å²) < 4.78 is 1.95. The van der Waals surface area contributed by atoms with E-state index in [1.807, 2.05) is 11.5 Å². The Bertz CT molecular complexity index is 545. The van der Waals surface area contributed by atoms with Gasteiger partial charge in [0.1, 0.15) is 0 Å². The molecule has 0 atom stereocenters. The van der Waals surface area contributed by atoms with Crippen molar-refractivity contribution >= 4 is 5.69 Å². The van der Waals surface area contributed by atoms with E-state index in [-0.39, 0.29) is 0 Å². The van der Waals surface area contributed by atoms with Crippen molar-refractivity contribution in [1.29, 1.82) is 0 Å². The Balaban J connectivity index is 2.43. The van der Waals surface area contributed by atoms with Gasteiger partial charge in [0.25, 0.3) is 0 Å². The largest absolute Gasteiger partial charge is 0.398 e. The number of nitrogen functional groups attached to an aromatic ring is 1. The second-order valence-electron chi connectivity index (χ2n) is 3.30. The number of hydrogen-bond acceptors (Lipinski definition) is 3. The van der Waals surface area contributed by atoms with Crippen molar-refractivity contribution in [3.05, 3.63) is 31.0 Å². The molecule has 2 aromatic heterocycles. The zero-order valence-electron chi connectivity index (χ0n) is 9.01. The third-order valence-corrected chi connectivity index (χ3v) is 2.27. The zero-order chi connectivity index (χ0) is 11.4. The first-order chi connectivity index (χ1) is 7.83. The van der Waals surface area contributed by atoms with E-state index < -0.39 is 0 Å². The monoisotopic (exact) mass is 212 g/mol. The summed E-state index contributed by atoms with van der Waals surface area (Å²) in [7, 11) is 0. The molecule has 0 bridgehead atoms. The number of nitrogens with two attached hydrogens (primary N) is 1. The average Bonchev–Trinajstić information content (AvgIpc) is 2.75. The predicted octanol–water partition coefficient (Wildman–Crippen LogP) is 1.55. The Kier molecular flexibility index (Phi) is 2.88. The minimum atomic E-state index is 0.611. The maximum atomic E-state index is 5.89. The van der Waals surface area contributed by atoms with Gasteiger partial charge < -0.3 is 10.3 Å². The van der Waals surface area contributed by atoms with E-state index in [1.54, 1.807) is 31.0 Å². The summed E-state index contributed by atoms with van der Waals surface area (Å²) >= 11 is 0. The number of rotatable bonds is 2. The molecule has 80 valence electrons. The Labute approximate surface area is 94.1 Å². The van der Waals surface area contributed by atoms with E-state index >= 15 is 0 Å². The zero-order valence-corrected chi connectivity index (χ0v) is 9.01. The minimum Gasteiger partial charge on any atom is -0.398 e. The van der Waals surface area contributed by atoms with Crippen LogP contribution in [0.5, 0.6) is 0 Å². The summed E-state index contributed by atoms with van der Waals surface area (Å²) in [6.07, 6.45) is 6.92. The normalized spacial score (nSPS) is 9.56. The lowest BCUT2D eigenvalue weighted by molar-refractivity contribution is 0.847. The van der Waals surface area contributed by atoms with Crippen molar-refractivity contribution in [2.75, 3.05) is 5.73 Å². The smallest absolute Gasteiger partial charge is 0.0959 e. The SMILES string of the molecule is CC#CCn1cncc1-c1cnccc1N. The molecule has 2 aromatic rings. The van der Waals surface area contributed by atoms with Gasteiger partial charge in [0.05, 0.1) is 24.8 Å². The van der Waals surface area contributed by atoms with Crippen LogP contribution in [0.25, 0.3) is 11.3 Å². The van der Waals surface area contributed by atoms with Crippen LogP contribution in [0, 0.1) is 11.8 Å². The van der Waals surface area contributed by atoms with Gasteiger partial charge in [0, 0.05) is 23.6 Å². The summed E-state index contributed by atoms with van der Waals surface area (Å²) in [6.45, 7) is 2.43. The van der Waals surface area contributed by atoms with Gasteiger partial charge in [-0.3, -0.25) is 4.98 Å². The fourth-order valence-corrected chi connectivity index (χ4v) is 1.45. The van der Waals surface area contributed by atoms with Crippen LogP contribution in [-0.2, 0) is 6.54 Å². The van der Waals surface area contributed by atoms with Crippen LogP contribution in [0.1, 0.15) is 6.92 Å². The highest BCUT2D eigenvalue weighted by Crippen LogP contribution is 2.23. The molecule has 4 nitrogen and oxygen atoms in total. The standard InChI is InChI=1S/C12H12N4/c1-2-3-6-16-9-15-8-12(16)10-7-14-5-4-11(10)13/h4-5,7-9H,6H2,1H3,(H2,13,14). The molecular weight excluding hydrogens is 200 g/mol. The number of anilines is 1. The first kappa shape index (κ1) is 10.2. The second-order valence-corrected chi connectivity index (χ2v) is 3.30. The van der Waals surface area contributed by atoms with Crippen LogP contribution in [0.4, 0.5) is 5.69 Å². The molecule has 0 saturated carbocycles. The molecule has 0 aliphatic carbocycles. The summed E-state index contributed by atoms with van der Waals surface area (Å²) in [6, 6.07) is 1.78. The molecule has 0 amide bonds. The molecule has 0 aromatic carbocycles. The van der Waals surface area contributed by atoms with Crippen LogP contribution in [0.3, 0.4) is 0 Å². The van der Waals surface area contributed by atoms with Crippen molar-refractivity contribution in [3.63, 3.8) is 0 Å². The summed E-state index contributed by atoms with van der Waals surface area (Å²) in [5.74, 6) is 5.85. The lowest BCUT2D eigenvalue weighted by atomic mass is 10.2. The number of pyridine rings is 1. The van der Waals surface area contributed by atoms with Crippen molar-refractivity contribution < 1.29 is 0 Å². The third kappa shape index (κ3) is 1.89. The maximum Gasteiger partial charge on any atom is 0.0959 e. The Hall–Kier alpha value is -2.28. The molecule has 0 fully saturated rings. The third-order valence-electron chi connectivity index (χ3n) is 2.27. The maximum absolute atomic E-state index is 5.89. The van der Waals surface area contributed by atoms with E-state index in [9.17, 15) is 0 Å². The van der Waals surface area contributed by atoms with Crippen molar-refractivity contribution in [3.8, 4) is 23.1 Å². The number of aromatic nitrogens is 3. The van der Waals surface area contributed by atoms with E-state index in [0.717, 1.165) is 11.3 Å². The molecular formula is C12H12N4. The quantitative estimate of drug-likeness (QED) is 0.768. The average molecular weight is 212 g/mol. The molecule has 0 radical (unpaired) electrons. The van der Waals surface area contributed by atoms with Gasteiger partial charge in [0.15, 0.2) is 0 Å². The minimum absolute atomic E-state index is 0.611. The summed E-state index contributed by atoms with van der Waals surface area (Å²) in [4.78, 5) is 8.17. The van der Waals surface area contributed by atoms with Crippen molar-refractivity contribution in [2.24, 2.45) is 0 Å². The molecule has 2 rings (SSSR count). The highest BCUT2D eigenvalue weighted by molar-refractivity contribution is 5.72. The fourth-order valence-electron chi connectivity index (χ4n) is 1.45. The first-order valence-corrected chi connectivity index (χ1v) is 4.92. The summed E-state index contributed by atoms with van der Waals surface area (Å²) in [5.41, 5.74) is 8.41. The first-order valence-electron chi connectivity index (χ1n) is 4.92. The Morgan fingerprint density at radius 1 is 1.38 bits per heavy atom. The molecule has 2 heterocycles. The molecule has 0 spiro atoms.